The van der Waals surface area contributed by atoms with Crippen LogP contribution in [0.15, 0.2) is 45.9 Å². The van der Waals surface area contributed by atoms with Gasteiger partial charge < -0.3 is 24.8 Å². The molecule has 1 heterocycles. The summed E-state index contributed by atoms with van der Waals surface area (Å²) in [6.45, 7) is 4.34. The summed E-state index contributed by atoms with van der Waals surface area (Å²) >= 11 is 3.50. The Hall–Kier alpha value is -1.68. The molecule has 2 N–H and O–H groups in total. The minimum absolute atomic E-state index is 0. The van der Waals surface area contributed by atoms with E-state index in [1.807, 2.05) is 43.3 Å². The average molecular weight is 548 g/mol. The van der Waals surface area contributed by atoms with Crippen LogP contribution in [0.4, 0.5) is 0 Å². The van der Waals surface area contributed by atoms with Crippen molar-refractivity contribution in [1.82, 2.24) is 10.6 Å². The highest BCUT2D eigenvalue weighted by atomic mass is 127. The Labute approximate surface area is 184 Å². The van der Waals surface area contributed by atoms with E-state index in [2.05, 4.69) is 31.6 Å². The van der Waals surface area contributed by atoms with Gasteiger partial charge >= 0.3 is 0 Å². The fourth-order valence-corrected chi connectivity index (χ4v) is 3.15. The number of halogens is 2. The molecule has 27 heavy (non-hydrogen) atoms. The standard InChI is InChI=1S/C19H22BrN3O3.HI/c1-3-21-19(22-10-13-4-6-16(24-2)15(20)8-13)23-11-14-5-7-17-18(9-14)26-12-25-17;/h4-9H,3,10-12H2,1-2H3,(H2,21,22,23);1H. The molecule has 146 valence electrons. The smallest absolute Gasteiger partial charge is 0.231 e. The van der Waals surface area contributed by atoms with Crippen LogP contribution in [0.5, 0.6) is 17.2 Å². The molecule has 0 atom stereocenters. The van der Waals surface area contributed by atoms with Gasteiger partial charge in [0.2, 0.25) is 6.79 Å². The van der Waals surface area contributed by atoms with Gasteiger partial charge in [0.05, 0.1) is 18.1 Å². The number of methoxy groups -OCH3 is 1. The highest BCUT2D eigenvalue weighted by molar-refractivity contribution is 14.0. The van der Waals surface area contributed by atoms with Crippen molar-refractivity contribution in [2.45, 2.75) is 20.0 Å². The quantitative estimate of drug-likeness (QED) is 0.324. The summed E-state index contributed by atoms with van der Waals surface area (Å²) in [7, 11) is 1.65. The molecule has 0 saturated carbocycles. The Morgan fingerprint density at radius 2 is 1.89 bits per heavy atom. The van der Waals surface area contributed by atoms with Gasteiger partial charge in [-0.2, -0.15) is 0 Å². The zero-order valence-corrected chi connectivity index (χ0v) is 19.2. The normalized spacial score (nSPS) is 12.3. The summed E-state index contributed by atoms with van der Waals surface area (Å²) in [5, 5.41) is 6.60. The first kappa shape index (κ1) is 21.6. The second-order valence-electron chi connectivity index (χ2n) is 5.71. The molecule has 2 aromatic rings. The first-order valence-electron chi connectivity index (χ1n) is 8.42. The highest BCUT2D eigenvalue weighted by Crippen LogP contribution is 2.32. The Balaban J connectivity index is 0.00000261. The predicted molar refractivity (Wildman–Crippen MR) is 120 cm³/mol. The van der Waals surface area contributed by atoms with Crippen LogP contribution in [-0.2, 0) is 13.1 Å². The van der Waals surface area contributed by atoms with Crippen molar-refractivity contribution < 1.29 is 14.2 Å². The van der Waals surface area contributed by atoms with Crippen molar-refractivity contribution in [3.8, 4) is 17.2 Å². The molecular weight excluding hydrogens is 525 g/mol. The minimum atomic E-state index is 0. The van der Waals surface area contributed by atoms with Crippen molar-refractivity contribution in [3.63, 3.8) is 0 Å². The van der Waals surface area contributed by atoms with Gasteiger partial charge in [-0.05, 0) is 58.2 Å². The highest BCUT2D eigenvalue weighted by Gasteiger charge is 2.13. The van der Waals surface area contributed by atoms with Gasteiger partial charge in [-0.25, -0.2) is 4.99 Å². The molecule has 0 aromatic heterocycles. The second kappa shape index (κ2) is 10.6. The molecule has 2 aromatic carbocycles. The van der Waals surface area contributed by atoms with E-state index in [1.165, 1.54) is 0 Å². The van der Waals surface area contributed by atoms with Crippen molar-refractivity contribution >= 4 is 45.9 Å². The topological polar surface area (TPSA) is 64.1 Å². The third-order valence-electron chi connectivity index (χ3n) is 3.88. The van der Waals surface area contributed by atoms with E-state index in [-0.39, 0.29) is 30.8 Å². The van der Waals surface area contributed by atoms with Crippen LogP contribution in [0.2, 0.25) is 0 Å². The predicted octanol–water partition coefficient (Wildman–Crippen LogP) is 4.06. The average Bonchev–Trinajstić information content (AvgIpc) is 3.12. The maximum absolute atomic E-state index is 5.42. The number of ether oxygens (including phenoxy) is 3. The molecule has 1 aliphatic heterocycles. The molecule has 0 radical (unpaired) electrons. The van der Waals surface area contributed by atoms with Gasteiger partial charge in [-0.1, -0.05) is 12.1 Å². The molecule has 0 fully saturated rings. The van der Waals surface area contributed by atoms with Crippen molar-refractivity contribution in [1.29, 1.82) is 0 Å². The van der Waals surface area contributed by atoms with Crippen LogP contribution in [0.1, 0.15) is 18.1 Å². The van der Waals surface area contributed by atoms with Crippen molar-refractivity contribution in [2.75, 3.05) is 20.4 Å². The summed E-state index contributed by atoms with van der Waals surface area (Å²) < 4.78 is 16.9. The molecule has 3 rings (SSSR count). The molecule has 0 spiro atoms. The zero-order valence-electron chi connectivity index (χ0n) is 15.3. The molecule has 6 nitrogen and oxygen atoms in total. The fraction of sp³-hybridized carbons (Fsp3) is 0.316. The van der Waals surface area contributed by atoms with E-state index in [0.717, 1.165) is 45.4 Å². The minimum Gasteiger partial charge on any atom is -0.496 e. The first-order valence-corrected chi connectivity index (χ1v) is 9.22. The van der Waals surface area contributed by atoms with Gasteiger partial charge in [-0.15, -0.1) is 24.0 Å². The van der Waals surface area contributed by atoms with Crippen LogP contribution in [0.3, 0.4) is 0 Å². The third kappa shape index (κ3) is 5.90. The number of guanidine groups is 1. The van der Waals surface area contributed by atoms with Crippen LogP contribution in [0, 0.1) is 0 Å². The zero-order chi connectivity index (χ0) is 18.4. The maximum atomic E-state index is 5.42. The fourth-order valence-electron chi connectivity index (χ4n) is 2.56. The molecule has 8 heteroatoms. The van der Waals surface area contributed by atoms with Crippen LogP contribution < -0.4 is 24.8 Å². The number of nitrogens with one attached hydrogen (secondary N) is 2. The number of benzene rings is 2. The maximum Gasteiger partial charge on any atom is 0.231 e. The third-order valence-corrected chi connectivity index (χ3v) is 4.50. The summed E-state index contributed by atoms with van der Waals surface area (Å²) in [5.74, 6) is 3.15. The Morgan fingerprint density at radius 1 is 1.11 bits per heavy atom. The van der Waals surface area contributed by atoms with Crippen LogP contribution in [-0.4, -0.2) is 26.4 Å². The molecule has 1 aliphatic rings. The summed E-state index contributed by atoms with van der Waals surface area (Å²) in [5.41, 5.74) is 2.20. The van der Waals surface area contributed by atoms with E-state index in [1.54, 1.807) is 7.11 Å². The molecule has 0 unspecified atom stereocenters. The largest absolute Gasteiger partial charge is 0.496 e. The summed E-state index contributed by atoms with van der Waals surface area (Å²) in [4.78, 5) is 4.64. The summed E-state index contributed by atoms with van der Waals surface area (Å²) in [6.07, 6.45) is 0. The van der Waals surface area contributed by atoms with Gasteiger partial charge in [-0.3, -0.25) is 0 Å². The van der Waals surface area contributed by atoms with Gasteiger partial charge in [0.25, 0.3) is 0 Å². The molecule has 0 aliphatic carbocycles. The van der Waals surface area contributed by atoms with Gasteiger partial charge in [0, 0.05) is 13.1 Å². The Kier molecular flexibility index (Phi) is 8.49. The Morgan fingerprint density at radius 3 is 2.63 bits per heavy atom. The second-order valence-corrected chi connectivity index (χ2v) is 6.56. The lowest BCUT2D eigenvalue weighted by molar-refractivity contribution is 0.174. The summed E-state index contributed by atoms with van der Waals surface area (Å²) in [6, 6.07) is 11.9. The molecular formula is C19H23BrIN3O3. The number of rotatable bonds is 6. The lowest BCUT2D eigenvalue weighted by Crippen LogP contribution is -2.36. The molecule has 0 amide bonds. The SMILES string of the molecule is CCNC(=NCc1ccc(OC)c(Br)c1)NCc1ccc2c(c1)OCO2.I. The van der Waals surface area contributed by atoms with E-state index < -0.39 is 0 Å². The number of hydrogen-bond acceptors (Lipinski definition) is 4. The van der Waals surface area contributed by atoms with Crippen molar-refractivity contribution in [3.05, 3.63) is 52.0 Å². The molecule has 0 bridgehead atoms. The number of fused-ring (bicyclic) bond motifs is 1. The lowest BCUT2D eigenvalue weighted by atomic mass is 10.2. The number of hydrogen-bond donors (Lipinski definition) is 2. The van der Waals surface area contributed by atoms with Gasteiger partial charge in [0.1, 0.15) is 5.75 Å². The monoisotopic (exact) mass is 547 g/mol. The van der Waals surface area contributed by atoms with E-state index in [4.69, 9.17) is 14.2 Å². The molecule has 0 saturated heterocycles. The van der Waals surface area contributed by atoms with E-state index in [9.17, 15) is 0 Å². The van der Waals surface area contributed by atoms with E-state index >= 15 is 0 Å². The Bertz CT molecular complexity index is 802. The van der Waals surface area contributed by atoms with Gasteiger partial charge in [0.15, 0.2) is 17.5 Å². The first-order chi connectivity index (χ1) is 12.7. The van der Waals surface area contributed by atoms with Crippen LogP contribution >= 0.6 is 39.9 Å². The number of nitrogens with zero attached hydrogens (tertiary/aromatic N) is 1. The van der Waals surface area contributed by atoms with E-state index in [0.29, 0.717) is 13.1 Å². The van der Waals surface area contributed by atoms with Crippen molar-refractivity contribution in [2.24, 2.45) is 4.99 Å². The lowest BCUT2D eigenvalue weighted by Gasteiger charge is -2.12. The van der Waals surface area contributed by atoms with Crippen LogP contribution in [0.25, 0.3) is 0 Å². The number of aliphatic imine (C=N–C) groups is 1.